The number of carbonyl (C=O) groups excluding carboxylic acids is 4. The lowest BCUT2D eigenvalue weighted by Crippen LogP contribution is -2.30. The van der Waals surface area contributed by atoms with E-state index < -0.39 is 23.4 Å². The molecule has 0 fully saturated rings. The van der Waals surface area contributed by atoms with Crippen LogP contribution in [0.25, 0.3) is 33.2 Å². The Hall–Kier alpha value is -4.86. The molecule has 1 aliphatic rings. The van der Waals surface area contributed by atoms with E-state index in [0.717, 1.165) is 29.8 Å². The van der Waals surface area contributed by atoms with Crippen LogP contribution in [0.15, 0.2) is 48.2 Å². The normalized spacial score (nSPS) is 12.9. The largest absolute Gasteiger partial charge is 0.497 e. The average Bonchev–Trinajstić information content (AvgIpc) is 3.28. The number of unbranched alkanes of at least 4 members (excludes halogenated alkanes) is 1. The second kappa shape index (κ2) is 9.89. The van der Waals surface area contributed by atoms with Crippen molar-refractivity contribution >= 4 is 45.2 Å². The lowest BCUT2D eigenvalue weighted by Gasteiger charge is -2.15. The summed E-state index contributed by atoms with van der Waals surface area (Å²) in [6.07, 6.45) is 2.67. The van der Waals surface area contributed by atoms with Crippen LogP contribution in [0.4, 0.5) is 0 Å². The number of hydrogen-bond donors (Lipinski definition) is 2. The number of methoxy groups -OCH3 is 1. The van der Waals surface area contributed by atoms with Gasteiger partial charge in [-0.15, -0.1) is 0 Å². The van der Waals surface area contributed by atoms with Crippen molar-refractivity contribution in [1.29, 1.82) is 0 Å². The number of hydrogen-bond acceptors (Lipinski definition) is 8. The standard InChI is InChI=1S/C28H24N4O6/c1-4-5-10-38-28(36)22-12-18-17-11-15(37-3)6-8-19(17)30-24(18)26(32-22)20-9-7-16-23(34)13-21(29-14(2)33)27(35)25(16)31-20/h6-9,11-13,30H,4-5,10H2,1-3H3,(H,29,33). The van der Waals surface area contributed by atoms with Gasteiger partial charge in [0, 0.05) is 29.3 Å². The zero-order valence-electron chi connectivity index (χ0n) is 21.0. The zero-order chi connectivity index (χ0) is 27.0. The van der Waals surface area contributed by atoms with Gasteiger partial charge in [0.25, 0.3) is 0 Å². The number of nitrogens with one attached hydrogen (secondary N) is 2. The van der Waals surface area contributed by atoms with E-state index in [1.54, 1.807) is 19.2 Å². The van der Waals surface area contributed by atoms with Crippen molar-refractivity contribution < 1.29 is 28.7 Å². The predicted molar refractivity (Wildman–Crippen MR) is 139 cm³/mol. The molecule has 3 heterocycles. The average molecular weight is 513 g/mol. The van der Waals surface area contributed by atoms with Crippen molar-refractivity contribution in [2.75, 3.05) is 13.7 Å². The highest BCUT2D eigenvalue weighted by molar-refractivity contribution is 6.24. The molecular weight excluding hydrogens is 488 g/mol. The van der Waals surface area contributed by atoms with Crippen LogP contribution in [0, 0.1) is 0 Å². The smallest absolute Gasteiger partial charge is 0.356 e. The number of fused-ring (bicyclic) bond motifs is 4. The second-order valence-corrected chi connectivity index (χ2v) is 8.83. The number of allylic oxidation sites excluding steroid dienone is 2. The van der Waals surface area contributed by atoms with Crippen LogP contribution in [0.1, 0.15) is 58.0 Å². The van der Waals surface area contributed by atoms with Gasteiger partial charge in [0.1, 0.15) is 22.8 Å². The number of rotatable bonds is 7. The molecule has 5 rings (SSSR count). The van der Waals surface area contributed by atoms with Crippen molar-refractivity contribution in [3.05, 3.63) is 65.1 Å². The Morgan fingerprint density at radius 3 is 2.58 bits per heavy atom. The first-order valence-electron chi connectivity index (χ1n) is 12.1. The first-order chi connectivity index (χ1) is 18.3. The minimum atomic E-state index is -0.593. The monoisotopic (exact) mass is 512 g/mol. The lowest BCUT2D eigenvalue weighted by atomic mass is 9.96. The maximum Gasteiger partial charge on any atom is 0.356 e. The van der Waals surface area contributed by atoms with Gasteiger partial charge in [-0.05, 0) is 42.8 Å². The molecule has 0 atom stereocenters. The quantitative estimate of drug-likeness (QED) is 0.278. The molecule has 10 heteroatoms. The number of amides is 1. The molecule has 3 aromatic heterocycles. The SMILES string of the molecule is CCCCOC(=O)c1cc2c([nH]c3ccc(OC)cc32)c(-c2ccc3c(n2)C(=O)C(NC(C)=O)=CC3=O)n1. The fourth-order valence-corrected chi connectivity index (χ4v) is 4.32. The van der Waals surface area contributed by atoms with E-state index in [1.807, 2.05) is 25.1 Å². The highest BCUT2D eigenvalue weighted by Gasteiger charge is 2.29. The Bertz CT molecular complexity index is 1680. The third-order valence-corrected chi connectivity index (χ3v) is 6.19. The summed E-state index contributed by atoms with van der Waals surface area (Å²) in [6.45, 7) is 3.50. The molecule has 0 bridgehead atoms. The molecule has 0 unspecified atom stereocenters. The number of pyridine rings is 2. The number of Topliss-reactive ketones (excluding diaryl/α,β-unsaturated/α-hetero) is 1. The second-order valence-electron chi connectivity index (χ2n) is 8.83. The third-order valence-electron chi connectivity index (χ3n) is 6.19. The first kappa shape index (κ1) is 24.8. The molecule has 0 saturated carbocycles. The number of ether oxygens (including phenoxy) is 2. The highest BCUT2D eigenvalue weighted by Crippen LogP contribution is 2.35. The van der Waals surface area contributed by atoms with E-state index in [0.29, 0.717) is 22.3 Å². The van der Waals surface area contributed by atoms with Gasteiger partial charge in [-0.25, -0.2) is 14.8 Å². The number of ketones is 2. The molecule has 192 valence electrons. The van der Waals surface area contributed by atoms with E-state index in [1.165, 1.54) is 13.0 Å². The van der Waals surface area contributed by atoms with Gasteiger partial charge in [0.05, 0.1) is 36.2 Å². The molecule has 38 heavy (non-hydrogen) atoms. The zero-order valence-corrected chi connectivity index (χ0v) is 21.0. The summed E-state index contributed by atoms with van der Waals surface area (Å²) in [5, 5.41) is 3.87. The van der Waals surface area contributed by atoms with Gasteiger partial charge >= 0.3 is 5.97 Å². The summed E-state index contributed by atoms with van der Waals surface area (Å²) in [5.74, 6) is -1.48. The van der Waals surface area contributed by atoms with Gasteiger partial charge in [-0.2, -0.15) is 0 Å². The Morgan fingerprint density at radius 2 is 1.84 bits per heavy atom. The van der Waals surface area contributed by atoms with Crippen molar-refractivity contribution in [3.63, 3.8) is 0 Å². The predicted octanol–water partition coefficient (Wildman–Crippen LogP) is 4.14. The van der Waals surface area contributed by atoms with Gasteiger partial charge < -0.3 is 19.8 Å². The summed E-state index contributed by atoms with van der Waals surface area (Å²) in [5.41, 5.74) is 1.86. The van der Waals surface area contributed by atoms with Crippen molar-refractivity contribution in [1.82, 2.24) is 20.3 Å². The van der Waals surface area contributed by atoms with Crippen molar-refractivity contribution in [2.45, 2.75) is 26.7 Å². The molecule has 10 nitrogen and oxygen atoms in total. The highest BCUT2D eigenvalue weighted by atomic mass is 16.5. The van der Waals surface area contributed by atoms with E-state index in [9.17, 15) is 19.2 Å². The molecule has 0 radical (unpaired) electrons. The van der Waals surface area contributed by atoms with E-state index in [-0.39, 0.29) is 34.9 Å². The fraction of sp³-hybridized carbons (Fsp3) is 0.214. The van der Waals surface area contributed by atoms with Gasteiger partial charge in [0.2, 0.25) is 11.7 Å². The minimum absolute atomic E-state index is 0.0769. The number of carbonyl (C=O) groups is 4. The number of aromatic nitrogens is 3. The van der Waals surface area contributed by atoms with Gasteiger partial charge in [-0.3, -0.25) is 14.4 Å². The Kier molecular flexibility index (Phi) is 6.46. The van der Waals surface area contributed by atoms with Crippen LogP contribution in [0.3, 0.4) is 0 Å². The summed E-state index contributed by atoms with van der Waals surface area (Å²) in [7, 11) is 1.57. The molecule has 1 aromatic carbocycles. The van der Waals surface area contributed by atoms with Crippen molar-refractivity contribution in [2.24, 2.45) is 0 Å². The molecule has 0 aliphatic heterocycles. The van der Waals surface area contributed by atoms with E-state index in [4.69, 9.17) is 9.47 Å². The maximum absolute atomic E-state index is 13.1. The first-order valence-corrected chi connectivity index (χ1v) is 12.1. The van der Waals surface area contributed by atoms with Crippen LogP contribution >= 0.6 is 0 Å². The molecule has 0 spiro atoms. The molecule has 0 saturated heterocycles. The number of aromatic amines is 1. The summed E-state index contributed by atoms with van der Waals surface area (Å²) in [6, 6.07) is 10.2. The van der Waals surface area contributed by atoms with Crippen molar-refractivity contribution in [3.8, 4) is 17.1 Å². The number of H-pyrrole nitrogens is 1. The van der Waals surface area contributed by atoms with Gasteiger partial charge in [0.15, 0.2) is 5.78 Å². The van der Waals surface area contributed by atoms with Crippen LogP contribution in [0.5, 0.6) is 5.75 Å². The van der Waals surface area contributed by atoms with E-state index >= 15 is 0 Å². The molecule has 2 N–H and O–H groups in total. The lowest BCUT2D eigenvalue weighted by molar-refractivity contribution is -0.118. The number of esters is 1. The Balaban J connectivity index is 1.70. The van der Waals surface area contributed by atoms with Crippen LogP contribution in [-0.2, 0) is 9.53 Å². The van der Waals surface area contributed by atoms with Crippen LogP contribution < -0.4 is 10.1 Å². The molecule has 4 aromatic rings. The van der Waals surface area contributed by atoms with E-state index in [2.05, 4.69) is 20.3 Å². The number of nitrogens with zero attached hydrogens (tertiary/aromatic N) is 2. The topological polar surface area (TPSA) is 140 Å². The van der Waals surface area contributed by atoms with Crippen LogP contribution in [-0.4, -0.2) is 52.1 Å². The molecule has 1 aliphatic carbocycles. The fourth-order valence-electron chi connectivity index (χ4n) is 4.32. The minimum Gasteiger partial charge on any atom is -0.497 e. The molecule has 1 amide bonds. The number of benzene rings is 1. The Labute approximate surface area is 217 Å². The maximum atomic E-state index is 13.1. The molecular formula is C28H24N4O6. The third kappa shape index (κ3) is 4.40. The summed E-state index contributed by atoms with van der Waals surface area (Å²) < 4.78 is 10.8. The van der Waals surface area contributed by atoms with Crippen LogP contribution in [0.2, 0.25) is 0 Å². The summed E-state index contributed by atoms with van der Waals surface area (Å²) >= 11 is 0. The van der Waals surface area contributed by atoms with Gasteiger partial charge in [-0.1, -0.05) is 13.3 Å². The Morgan fingerprint density at radius 1 is 1.03 bits per heavy atom. The summed E-state index contributed by atoms with van der Waals surface area (Å²) in [4.78, 5) is 62.5.